The second-order valence-corrected chi connectivity index (χ2v) is 7.31. The summed E-state index contributed by atoms with van der Waals surface area (Å²) in [5.41, 5.74) is 3.70. The molecule has 0 aliphatic rings. The first-order valence-corrected chi connectivity index (χ1v) is 9.59. The molecule has 1 N–H and O–H groups in total. The Morgan fingerprint density at radius 3 is 2.62 bits per heavy atom. The number of thioether (sulfide) groups is 1. The molecule has 0 unspecified atom stereocenters. The largest absolute Gasteiger partial charge is 0.351 e. The van der Waals surface area contributed by atoms with Gasteiger partial charge in [0.1, 0.15) is 11.2 Å². The first kappa shape index (κ1) is 18.2. The van der Waals surface area contributed by atoms with E-state index in [-0.39, 0.29) is 17.0 Å². The molecule has 3 rings (SSSR count). The van der Waals surface area contributed by atoms with E-state index in [1.54, 1.807) is 24.0 Å². The van der Waals surface area contributed by atoms with E-state index in [9.17, 15) is 9.59 Å². The van der Waals surface area contributed by atoms with Crippen molar-refractivity contribution >= 4 is 23.3 Å². The van der Waals surface area contributed by atoms with Crippen molar-refractivity contribution in [2.75, 3.05) is 12.3 Å². The molecule has 26 heavy (non-hydrogen) atoms. The lowest BCUT2D eigenvalue weighted by Crippen LogP contribution is -2.32. The van der Waals surface area contributed by atoms with Gasteiger partial charge in [0, 0.05) is 30.4 Å². The van der Waals surface area contributed by atoms with Gasteiger partial charge in [-0.05, 0) is 31.0 Å². The van der Waals surface area contributed by atoms with Crippen LogP contribution in [-0.2, 0) is 5.75 Å². The second kappa shape index (κ2) is 8.19. The third kappa shape index (κ3) is 4.32. The van der Waals surface area contributed by atoms with Crippen molar-refractivity contribution in [1.82, 2.24) is 14.7 Å². The number of pyridine rings is 1. The van der Waals surface area contributed by atoms with E-state index in [0.717, 1.165) is 17.1 Å². The van der Waals surface area contributed by atoms with Crippen LogP contribution in [0.25, 0.3) is 5.65 Å². The molecule has 1 aromatic carbocycles. The molecule has 5 nitrogen and oxygen atoms in total. The predicted octanol–water partition coefficient (Wildman–Crippen LogP) is 2.97. The van der Waals surface area contributed by atoms with E-state index in [1.165, 1.54) is 21.7 Å². The van der Waals surface area contributed by atoms with E-state index in [1.807, 2.05) is 13.0 Å². The lowest BCUT2D eigenvalue weighted by atomic mass is 10.2. The highest BCUT2D eigenvalue weighted by atomic mass is 32.2. The van der Waals surface area contributed by atoms with Crippen LogP contribution in [0.3, 0.4) is 0 Å². The summed E-state index contributed by atoms with van der Waals surface area (Å²) >= 11 is 1.74. The molecule has 3 aromatic rings. The van der Waals surface area contributed by atoms with E-state index >= 15 is 0 Å². The maximum atomic E-state index is 12.5. The SMILES string of the molecule is Cc1ccc(CSCCNC(=O)c2cnc3ccc(C)cn3c2=O)cc1. The van der Waals surface area contributed by atoms with E-state index in [2.05, 4.69) is 41.5 Å². The lowest BCUT2D eigenvalue weighted by Gasteiger charge is -2.07. The van der Waals surface area contributed by atoms with Gasteiger partial charge >= 0.3 is 0 Å². The summed E-state index contributed by atoms with van der Waals surface area (Å²) in [6.45, 7) is 4.47. The third-order valence-corrected chi connectivity index (χ3v) is 5.05. The molecular weight excluding hydrogens is 346 g/mol. The fourth-order valence-corrected chi connectivity index (χ4v) is 3.36. The summed E-state index contributed by atoms with van der Waals surface area (Å²) in [5.74, 6) is 1.30. The minimum atomic E-state index is -0.380. The molecule has 0 aliphatic heterocycles. The van der Waals surface area contributed by atoms with Gasteiger partial charge in [0.25, 0.3) is 11.5 Å². The molecule has 0 spiro atoms. The van der Waals surface area contributed by atoms with Gasteiger partial charge < -0.3 is 5.32 Å². The number of aromatic nitrogens is 2. The number of nitrogens with zero attached hydrogens (tertiary/aromatic N) is 2. The topological polar surface area (TPSA) is 63.5 Å². The number of carbonyl (C=O) groups excluding carboxylic acids is 1. The zero-order chi connectivity index (χ0) is 18.5. The highest BCUT2D eigenvalue weighted by Gasteiger charge is 2.12. The minimum Gasteiger partial charge on any atom is -0.351 e. The summed E-state index contributed by atoms with van der Waals surface area (Å²) in [6.07, 6.45) is 3.04. The van der Waals surface area contributed by atoms with Gasteiger partial charge in [0.05, 0.1) is 0 Å². The summed E-state index contributed by atoms with van der Waals surface area (Å²) < 4.78 is 1.41. The van der Waals surface area contributed by atoms with Gasteiger partial charge in [-0.1, -0.05) is 35.9 Å². The van der Waals surface area contributed by atoms with Crippen LogP contribution in [-0.4, -0.2) is 27.6 Å². The Kier molecular flexibility index (Phi) is 5.73. The van der Waals surface area contributed by atoms with Crippen LogP contribution < -0.4 is 10.9 Å². The quantitative estimate of drug-likeness (QED) is 0.681. The maximum absolute atomic E-state index is 12.5. The number of amides is 1. The fraction of sp³-hybridized carbons (Fsp3) is 0.250. The first-order valence-electron chi connectivity index (χ1n) is 8.44. The molecule has 2 heterocycles. The highest BCUT2D eigenvalue weighted by molar-refractivity contribution is 7.98. The highest BCUT2D eigenvalue weighted by Crippen LogP contribution is 2.12. The average Bonchev–Trinajstić information content (AvgIpc) is 2.63. The minimum absolute atomic E-state index is 0.0663. The zero-order valence-electron chi connectivity index (χ0n) is 14.9. The number of hydrogen-bond acceptors (Lipinski definition) is 4. The van der Waals surface area contributed by atoms with Crippen molar-refractivity contribution < 1.29 is 4.79 Å². The predicted molar refractivity (Wildman–Crippen MR) is 106 cm³/mol. The van der Waals surface area contributed by atoms with Gasteiger partial charge in [-0.2, -0.15) is 11.8 Å². The molecule has 0 saturated heterocycles. The standard InChI is InChI=1S/C20H21N3O2S/c1-14-3-6-16(7-4-14)13-26-10-9-21-19(24)17-11-22-18-8-5-15(2)12-23(18)20(17)25/h3-8,11-12H,9-10,13H2,1-2H3,(H,21,24). The lowest BCUT2D eigenvalue weighted by molar-refractivity contribution is 0.0954. The molecule has 0 atom stereocenters. The van der Waals surface area contributed by atoms with Crippen molar-refractivity contribution in [2.24, 2.45) is 0 Å². The normalized spacial score (nSPS) is 10.8. The number of aryl methyl sites for hydroxylation is 2. The number of fused-ring (bicyclic) bond motifs is 1. The van der Waals surface area contributed by atoms with Crippen molar-refractivity contribution in [3.05, 3.63) is 81.4 Å². The zero-order valence-corrected chi connectivity index (χ0v) is 15.7. The van der Waals surface area contributed by atoms with Crippen LogP contribution in [0, 0.1) is 13.8 Å². The molecule has 0 aliphatic carbocycles. The average molecular weight is 367 g/mol. The van der Waals surface area contributed by atoms with Crippen molar-refractivity contribution in [3.63, 3.8) is 0 Å². The van der Waals surface area contributed by atoms with Gasteiger partial charge in [-0.15, -0.1) is 0 Å². The first-order chi connectivity index (χ1) is 12.5. The van der Waals surface area contributed by atoms with Crippen LogP contribution in [0.1, 0.15) is 27.0 Å². The summed E-state index contributed by atoms with van der Waals surface area (Å²) in [7, 11) is 0. The summed E-state index contributed by atoms with van der Waals surface area (Å²) in [6, 6.07) is 12.1. The monoisotopic (exact) mass is 367 g/mol. The van der Waals surface area contributed by atoms with Crippen LogP contribution in [0.15, 0.2) is 53.6 Å². The summed E-state index contributed by atoms with van der Waals surface area (Å²) in [5, 5.41) is 2.80. The molecule has 6 heteroatoms. The van der Waals surface area contributed by atoms with Crippen LogP contribution in [0.5, 0.6) is 0 Å². The van der Waals surface area contributed by atoms with Crippen molar-refractivity contribution in [3.8, 4) is 0 Å². The van der Waals surface area contributed by atoms with E-state index in [0.29, 0.717) is 12.2 Å². The van der Waals surface area contributed by atoms with Gasteiger partial charge in [0.15, 0.2) is 0 Å². The number of hydrogen-bond donors (Lipinski definition) is 1. The second-order valence-electron chi connectivity index (χ2n) is 6.21. The third-order valence-electron chi connectivity index (χ3n) is 4.02. The summed E-state index contributed by atoms with van der Waals surface area (Å²) in [4.78, 5) is 29.0. The Morgan fingerprint density at radius 2 is 1.85 bits per heavy atom. The molecule has 0 fully saturated rings. The van der Waals surface area contributed by atoms with Crippen molar-refractivity contribution in [2.45, 2.75) is 19.6 Å². The molecule has 2 aromatic heterocycles. The Hall–Kier alpha value is -2.60. The van der Waals surface area contributed by atoms with Crippen LogP contribution in [0.4, 0.5) is 0 Å². The van der Waals surface area contributed by atoms with Crippen LogP contribution >= 0.6 is 11.8 Å². The Balaban J connectivity index is 1.55. The van der Waals surface area contributed by atoms with Crippen LogP contribution in [0.2, 0.25) is 0 Å². The molecule has 0 radical (unpaired) electrons. The maximum Gasteiger partial charge on any atom is 0.270 e. The number of benzene rings is 1. The van der Waals surface area contributed by atoms with E-state index < -0.39 is 0 Å². The van der Waals surface area contributed by atoms with Gasteiger partial charge in [-0.3, -0.25) is 14.0 Å². The van der Waals surface area contributed by atoms with Gasteiger partial charge in [-0.25, -0.2) is 4.98 Å². The van der Waals surface area contributed by atoms with Crippen molar-refractivity contribution in [1.29, 1.82) is 0 Å². The number of carbonyl (C=O) groups is 1. The van der Waals surface area contributed by atoms with Gasteiger partial charge in [0.2, 0.25) is 0 Å². The molecule has 1 amide bonds. The molecular formula is C20H21N3O2S. The smallest absolute Gasteiger partial charge is 0.270 e. The molecule has 0 bridgehead atoms. The number of rotatable bonds is 6. The Bertz CT molecular complexity index is 981. The van der Waals surface area contributed by atoms with E-state index in [4.69, 9.17) is 0 Å². The molecule has 134 valence electrons. The molecule has 0 saturated carbocycles. The Labute approximate surface area is 156 Å². The fourth-order valence-electron chi connectivity index (χ4n) is 2.54. The Morgan fingerprint density at radius 1 is 1.12 bits per heavy atom. The number of nitrogens with one attached hydrogen (secondary N) is 1.